The quantitative estimate of drug-likeness (QED) is 0.294. The summed E-state index contributed by atoms with van der Waals surface area (Å²) in [5.41, 5.74) is 5.78. The zero-order valence-corrected chi connectivity index (χ0v) is 18.8. The van der Waals surface area contributed by atoms with Crippen molar-refractivity contribution in [1.82, 2.24) is 5.43 Å². The fourth-order valence-electron chi connectivity index (χ4n) is 3.12. The third-order valence-electron chi connectivity index (χ3n) is 4.61. The maximum absolute atomic E-state index is 12.5. The summed E-state index contributed by atoms with van der Waals surface area (Å²) in [7, 11) is 0. The molecule has 0 aromatic heterocycles. The minimum absolute atomic E-state index is 0.0584. The molecule has 30 heavy (non-hydrogen) atoms. The molecule has 3 aromatic carbocycles. The maximum atomic E-state index is 12.5. The van der Waals surface area contributed by atoms with Gasteiger partial charge >= 0.3 is 0 Å². The fraction of sp³-hybridized carbons (Fsp3) is 0.0870. The Balaban J connectivity index is 1.44. The monoisotopic (exact) mass is 527 g/mol. The van der Waals surface area contributed by atoms with Crippen LogP contribution < -0.4 is 10.3 Å². The minimum Gasteiger partial charge on any atom is -0.295 e. The number of thioether (sulfide) groups is 1. The number of anilines is 1. The lowest BCUT2D eigenvalue weighted by Gasteiger charge is -2.24. The van der Waals surface area contributed by atoms with Crippen molar-refractivity contribution in [2.75, 3.05) is 10.7 Å². The average Bonchev–Trinajstić information content (AvgIpc) is 3.17. The van der Waals surface area contributed by atoms with Crippen molar-refractivity contribution in [3.8, 4) is 0 Å². The summed E-state index contributed by atoms with van der Waals surface area (Å²) in [4.78, 5) is 26.6. The Hall–Kier alpha value is -2.65. The van der Waals surface area contributed by atoms with E-state index in [-0.39, 0.29) is 17.2 Å². The van der Waals surface area contributed by atoms with Crippen LogP contribution in [-0.4, -0.2) is 23.8 Å². The molecule has 1 unspecified atom stereocenters. The molecule has 5 nitrogen and oxygen atoms in total. The minimum atomic E-state index is -0.301. The number of nitrogens with zero attached hydrogens (tertiary/aromatic N) is 2. The van der Waals surface area contributed by atoms with Crippen molar-refractivity contribution < 1.29 is 9.59 Å². The Labute approximate surface area is 192 Å². The maximum Gasteiger partial charge on any atom is 0.271 e. The van der Waals surface area contributed by atoms with Gasteiger partial charge in [-0.1, -0.05) is 42.5 Å². The van der Waals surface area contributed by atoms with Gasteiger partial charge in [0.2, 0.25) is 5.91 Å². The summed E-state index contributed by atoms with van der Waals surface area (Å²) in [6.45, 7) is 0. The van der Waals surface area contributed by atoms with Crippen molar-refractivity contribution in [3.05, 3.63) is 99.1 Å². The summed E-state index contributed by atoms with van der Waals surface area (Å²) in [6, 6.07) is 24.8. The van der Waals surface area contributed by atoms with Crippen LogP contribution in [0.5, 0.6) is 0 Å². The number of hydrogen-bond acceptors (Lipinski definition) is 4. The van der Waals surface area contributed by atoms with Gasteiger partial charge in [-0.05, 0) is 70.1 Å². The predicted molar refractivity (Wildman–Crippen MR) is 130 cm³/mol. The lowest BCUT2D eigenvalue weighted by atomic mass is 10.1. The van der Waals surface area contributed by atoms with Crippen LogP contribution in [0.3, 0.4) is 0 Å². The molecule has 0 saturated carbocycles. The second kappa shape index (κ2) is 9.44. The van der Waals surface area contributed by atoms with E-state index in [9.17, 15) is 9.59 Å². The highest BCUT2D eigenvalue weighted by Gasteiger charge is 2.33. The van der Waals surface area contributed by atoms with E-state index >= 15 is 0 Å². The van der Waals surface area contributed by atoms with Gasteiger partial charge in [-0.2, -0.15) is 5.10 Å². The van der Waals surface area contributed by atoms with E-state index in [1.807, 2.05) is 54.6 Å². The SMILES string of the molecule is O=C(N/N=C/c1ccc(I)cc1)c1ccc(N2C(=O)CSC2c2ccccc2)cc1. The first-order valence-corrected chi connectivity index (χ1v) is 11.4. The topological polar surface area (TPSA) is 61.8 Å². The number of halogens is 1. The van der Waals surface area contributed by atoms with E-state index in [1.54, 1.807) is 47.1 Å². The first-order valence-electron chi connectivity index (χ1n) is 9.29. The van der Waals surface area contributed by atoms with Gasteiger partial charge in [0.25, 0.3) is 5.91 Å². The van der Waals surface area contributed by atoms with Crippen LogP contribution in [0.25, 0.3) is 0 Å². The zero-order chi connectivity index (χ0) is 20.9. The van der Waals surface area contributed by atoms with E-state index in [0.29, 0.717) is 11.3 Å². The summed E-state index contributed by atoms with van der Waals surface area (Å²) in [5, 5.41) is 3.96. The second-order valence-corrected chi connectivity index (χ2v) is 8.95. The highest BCUT2D eigenvalue weighted by molar-refractivity contribution is 14.1. The zero-order valence-electron chi connectivity index (χ0n) is 15.9. The molecule has 7 heteroatoms. The lowest BCUT2D eigenvalue weighted by Crippen LogP contribution is -2.28. The van der Waals surface area contributed by atoms with E-state index in [0.717, 1.165) is 20.4 Å². The van der Waals surface area contributed by atoms with E-state index < -0.39 is 0 Å². The van der Waals surface area contributed by atoms with Gasteiger partial charge in [-0.3, -0.25) is 14.5 Å². The van der Waals surface area contributed by atoms with Crippen molar-refractivity contribution in [2.24, 2.45) is 5.10 Å². The second-order valence-electron chi connectivity index (χ2n) is 6.64. The van der Waals surface area contributed by atoms with Crippen molar-refractivity contribution in [1.29, 1.82) is 0 Å². The number of carbonyl (C=O) groups excluding carboxylic acids is 2. The normalized spacial score (nSPS) is 16.2. The average molecular weight is 527 g/mol. The molecule has 1 heterocycles. The summed E-state index contributed by atoms with van der Waals surface area (Å²) >= 11 is 3.84. The standard InChI is InChI=1S/C23H18IN3O2S/c24-19-10-6-16(7-11-19)14-25-26-22(29)17-8-12-20(13-9-17)27-21(28)15-30-23(27)18-4-2-1-3-5-18/h1-14,23H,15H2,(H,26,29)/b25-14+. The summed E-state index contributed by atoms with van der Waals surface area (Å²) in [6.07, 6.45) is 1.60. The molecule has 150 valence electrons. The number of nitrogens with one attached hydrogen (secondary N) is 1. The van der Waals surface area contributed by atoms with Crippen LogP contribution in [-0.2, 0) is 4.79 Å². The Morgan fingerprint density at radius 1 is 1.03 bits per heavy atom. The Kier molecular flexibility index (Phi) is 6.49. The predicted octanol–water partition coefficient (Wildman–Crippen LogP) is 4.83. The molecule has 1 atom stereocenters. The van der Waals surface area contributed by atoms with E-state index in [2.05, 4.69) is 33.1 Å². The van der Waals surface area contributed by atoms with Gasteiger partial charge in [0, 0.05) is 14.8 Å². The van der Waals surface area contributed by atoms with Crippen molar-refractivity contribution in [2.45, 2.75) is 5.37 Å². The van der Waals surface area contributed by atoms with Crippen LogP contribution in [0.1, 0.15) is 26.9 Å². The molecule has 1 aliphatic rings. The number of carbonyl (C=O) groups is 2. The Bertz CT molecular complexity index is 1070. The van der Waals surface area contributed by atoms with E-state index in [1.165, 1.54) is 0 Å². The van der Waals surface area contributed by atoms with Crippen LogP contribution in [0.2, 0.25) is 0 Å². The molecular formula is C23H18IN3O2S. The van der Waals surface area contributed by atoms with Crippen LogP contribution in [0.15, 0.2) is 84.0 Å². The van der Waals surface area contributed by atoms with Crippen LogP contribution >= 0.6 is 34.4 Å². The highest BCUT2D eigenvalue weighted by atomic mass is 127. The highest BCUT2D eigenvalue weighted by Crippen LogP contribution is 2.41. The third-order valence-corrected chi connectivity index (χ3v) is 6.54. The number of rotatable bonds is 5. The molecular weight excluding hydrogens is 509 g/mol. The molecule has 0 spiro atoms. The molecule has 4 rings (SSSR count). The molecule has 0 bridgehead atoms. The largest absolute Gasteiger partial charge is 0.295 e. The molecule has 0 aliphatic carbocycles. The lowest BCUT2D eigenvalue weighted by molar-refractivity contribution is -0.115. The first kappa shape index (κ1) is 20.6. The third kappa shape index (κ3) is 4.73. The number of hydrogen-bond donors (Lipinski definition) is 1. The molecule has 3 aromatic rings. The molecule has 1 aliphatic heterocycles. The van der Waals surface area contributed by atoms with Gasteiger partial charge in [0.05, 0.1) is 12.0 Å². The Morgan fingerprint density at radius 3 is 2.43 bits per heavy atom. The molecule has 0 radical (unpaired) electrons. The van der Waals surface area contributed by atoms with Crippen molar-refractivity contribution >= 4 is 58.1 Å². The summed E-state index contributed by atoms with van der Waals surface area (Å²) in [5.74, 6) is 0.202. The van der Waals surface area contributed by atoms with Gasteiger partial charge in [0.15, 0.2) is 0 Å². The number of amides is 2. The molecule has 1 fully saturated rings. The van der Waals surface area contributed by atoms with Gasteiger partial charge < -0.3 is 0 Å². The first-order chi connectivity index (χ1) is 14.6. The van der Waals surface area contributed by atoms with Gasteiger partial charge in [-0.15, -0.1) is 11.8 Å². The van der Waals surface area contributed by atoms with Crippen molar-refractivity contribution in [3.63, 3.8) is 0 Å². The molecule has 1 N–H and O–H groups in total. The van der Waals surface area contributed by atoms with E-state index in [4.69, 9.17) is 0 Å². The number of hydrazone groups is 1. The Morgan fingerprint density at radius 2 is 1.73 bits per heavy atom. The fourth-order valence-corrected chi connectivity index (χ4v) is 4.66. The van der Waals surface area contributed by atoms with Crippen LogP contribution in [0.4, 0.5) is 5.69 Å². The van der Waals surface area contributed by atoms with Crippen LogP contribution in [0, 0.1) is 3.57 Å². The molecule has 2 amide bonds. The smallest absolute Gasteiger partial charge is 0.271 e. The summed E-state index contributed by atoms with van der Waals surface area (Å²) < 4.78 is 1.14. The van der Waals surface area contributed by atoms with Gasteiger partial charge in [-0.25, -0.2) is 5.43 Å². The molecule has 1 saturated heterocycles. The van der Waals surface area contributed by atoms with Gasteiger partial charge in [0.1, 0.15) is 5.37 Å². The number of benzene rings is 3.